The van der Waals surface area contributed by atoms with E-state index in [1.54, 1.807) is 12.1 Å². The second kappa shape index (κ2) is 9.25. The maximum Gasteiger partial charge on any atom is 0.269 e. The van der Waals surface area contributed by atoms with Gasteiger partial charge in [-0.3, -0.25) is 14.9 Å². The molecule has 1 saturated heterocycles. The Morgan fingerprint density at radius 3 is 2.43 bits per heavy atom. The molecule has 9 nitrogen and oxygen atoms in total. The largest absolute Gasteiger partial charge is 0.472 e. The van der Waals surface area contributed by atoms with Gasteiger partial charge in [-0.1, -0.05) is 0 Å². The number of hydrogen-bond donors (Lipinski definition) is 0. The van der Waals surface area contributed by atoms with Crippen LogP contribution >= 0.6 is 11.6 Å². The van der Waals surface area contributed by atoms with Crippen LogP contribution in [0.3, 0.4) is 0 Å². The molecule has 1 aromatic carbocycles. The molecule has 2 unspecified atom stereocenters. The molecule has 1 aliphatic heterocycles. The van der Waals surface area contributed by atoms with Gasteiger partial charge in [-0.15, -0.1) is 11.6 Å². The predicted molar refractivity (Wildman–Crippen MR) is 113 cm³/mol. The number of halogens is 1. The van der Waals surface area contributed by atoms with E-state index in [0.29, 0.717) is 19.0 Å². The van der Waals surface area contributed by atoms with Crippen LogP contribution in [0, 0.1) is 17.0 Å². The van der Waals surface area contributed by atoms with E-state index >= 15 is 0 Å². The van der Waals surface area contributed by atoms with E-state index < -0.39 is 4.92 Å². The minimum atomic E-state index is -0.437. The quantitative estimate of drug-likeness (QED) is 0.392. The highest BCUT2D eigenvalue weighted by molar-refractivity contribution is 6.27. The predicted octanol–water partition coefficient (Wildman–Crippen LogP) is 2.94. The number of hydrogen-bond acceptors (Lipinski definition) is 7. The second-order valence-corrected chi connectivity index (χ2v) is 7.64. The Balaban J connectivity index is 1.72. The van der Waals surface area contributed by atoms with Gasteiger partial charge in [-0.05, 0) is 38.5 Å². The normalized spacial score (nSPS) is 18.9. The van der Waals surface area contributed by atoms with E-state index in [-0.39, 0.29) is 36.2 Å². The highest BCUT2D eigenvalue weighted by atomic mass is 35.5. The molecule has 1 fully saturated rings. The van der Waals surface area contributed by atoms with Gasteiger partial charge in [0.25, 0.3) is 5.69 Å². The lowest BCUT2D eigenvalue weighted by molar-refractivity contribution is -0.384. The fraction of sp³-hybridized carbons (Fsp3) is 0.450. The Morgan fingerprint density at radius 2 is 1.87 bits per heavy atom. The van der Waals surface area contributed by atoms with Crippen molar-refractivity contribution in [1.82, 2.24) is 14.9 Å². The molecule has 0 N–H and O–H groups in total. The Morgan fingerprint density at radius 1 is 1.23 bits per heavy atom. The first-order chi connectivity index (χ1) is 14.3. The number of nitro groups is 1. The Labute approximate surface area is 179 Å². The molecule has 0 spiro atoms. The van der Waals surface area contributed by atoms with Crippen LogP contribution in [0.25, 0.3) is 0 Å². The maximum absolute atomic E-state index is 12.1. The smallest absolute Gasteiger partial charge is 0.269 e. The van der Waals surface area contributed by atoms with Crippen molar-refractivity contribution in [1.29, 1.82) is 0 Å². The molecule has 1 amide bonds. The van der Waals surface area contributed by atoms with Crippen LogP contribution in [0.15, 0.2) is 30.6 Å². The minimum Gasteiger partial charge on any atom is -0.472 e. The van der Waals surface area contributed by atoms with E-state index in [9.17, 15) is 14.9 Å². The van der Waals surface area contributed by atoms with Gasteiger partial charge >= 0.3 is 0 Å². The Bertz CT molecular complexity index is 912. The molecular weight excluding hydrogens is 410 g/mol. The maximum atomic E-state index is 12.1. The number of aromatic nitrogens is 2. The van der Waals surface area contributed by atoms with Crippen LogP contribution in [0.4, 0.5) is 11.5 Å². The average Bonchev–Trinajstić information content (AvgIpc) is 2.72. The summed E-state index contributed by atoms with van der Waals surface area (Å²) in [5, 5.41) is 10.8. The van der Waals surface area contributed by atoms with Crippen molar-refractivity contribution in [2.75, 3.05) is 23.9 Å². The van der Waals surface area contributed by atoms with Crippen LogP contribution in [0.2, 0.25) is 0 Å². The summed E-state index contributed by atoms with van der Waals surface area (Å²) in [6.07, 6.45) is 1.46. The number of amides is 1. The van der Waals surface area contributed by atoms with E-state index in [4.69, 9.17) is 16.3 Å². The van der Waals surface area contributed by atoms with Gasteiger partial charge in [0.2, 0.25) is 11.8 Å². The van der Waals surface area contributed by atoms with Crippen molar-refractivity contribution >= 4 is 29.0 Å². The number of alkyl halides is 1. The monoisotopic (exact) mass is 433 g/mol. The third-order valence-corrected chi connectivity index (χ3v) is 5.38. The molecule has 0 radical (unpaired) electrons. The lowest BCUT2D eigenvalue weighted by Gasteiger charge is -2.45. The van der Waals surface area contributed by atoms with Crippen LogP contribution in [0.5, 0.6) is 5.88 Å². The van der Waals surface area contributed by atoms with Gasteiger partial charge in [-0.2, -0.15) is 0 Å². The van der Waals surface area contributed by atoms with Crippen LogP contribution in [-0.4, -0.2) is 56.8 Å². The van der Waals surface area contributed by atoms with Crippen molar-refractivity contribution < 1.29 is 14.5 Å². The minimum absolute atomic E-state index is 0.00107. The van der Waals surface area contributed by atoms with Crippen LogP contribution < -0.4 is 9.64 Å². The number of carbonyl (C=O) groups is 1. The van der Waals surface area contributed by atoms with Crippen molar-refractivity contribution in [3.63, 3.8) is 0 Å². The Kier molecular flexibility index (Phi) is 6.71. The van der Waals surface area contributed by atoms with Gasteiger partial charge in [0.05, 0.1) is 10.5 Å². The summed E-state index contributed by atoms with van der Waals surface area (Å²) in [4.78, 5) is 35.1. The molecule has 1 aliphatic rings. The van der Waals surface area contributed by atoms with Crippen LogP contribution in [0.1, 0.15) is 25.0 Å². The van der Waals surface area contributed by atoms with Gasteiger partial charge in [0.15, 0.2) is 0 Å². The number of non-ortho nitro benzene ring substituents is 1. The lowest BCUT2D eigenvalue weighted by atomic mass is 10.1. The zero-order chi connectivity index (χ0) is 21.8. The number of rotatable bonds is 6. The van der Waals surface area contributed by atoms with Gasteiger partial charge in [0, 0.05) is 37.3 Å². The third kappa shape index (κ3) is 4.62. The SMILES string of the molecule is Cc1c(OCc2ccc([N+](=O)[O-])cc2)ncnc1N1CC(C)N(C(=O)CCl)C(C)C1. The summed E-state index contributed by atoms with van der Waals surface area (Å²) in [7, 11) is 0. The number of ether oxygens (including phenoxy) is 1. The zero-order valence-corrected chi connectivity index (χ0v) is 17.9. The number of nitro benzene ring substituents is 1. The zero-order valence-electron chi connectivity index (χ0n) is 17.1. The topological polar surface area (TPSA) is 102 Å². The van der Waals surface area contributed by atoms with E-state index in [1.165, 1.54) is 18.5 Å². The molecule has 30 heavy (non-hydrogen) atoms. The van der Waals surface area contributed by atoms with Crippen molar-refractivity contribution in [3.8, 4) is 5.88 Å². The summed E-state index contributed by atoms with van der Waals surface area (Å²) < 4.78 is 5.86. The molecule has 10 heteroatoms. The van der Waals surface area contributed by atoms with Gasteiger partial charge in [0.1, 0.15) is 24.6 Å². The van der Waals surface area contributed by atoms with E-state index in [0.717, 1.165) is 16.9 Å². The standard InChI is InChI=1S/C20H24ClN5O4/c1-13-9-24(10-14(2)25(13)18(27)8-21)19-15(3)20(23-12-22-19)30-11-16-4-6-17(7-5-16)26(28)29/h4-7,12-14H,8-11H2,1-3H3. The molecule has 0 saturated carbocycles. The van der Waals surface area contributed by atoms with Gasteiger partial charge < -0.3 is 14.5 Å². The molecule has 2 heterocycles. The first-order valence-electron chi connectivity index (χ1n) is 9.61. The third-order valence-electron chi connectivity index (χ3n) is 5.15. The molecular formula is C20H24ClN5O4. The van der Waals surface area contributed by atoms with E-state index in [2.05, 4.69) is 14.9 Å². The van der Waals surface area contributed by atoms with Crippen molar-refractivity contribution in [2.45, 2.75) is 39.5 Å². The molecule has 1 aromatic heterocycles. The number of nitrogens with zero attached hydrogens (tertiary/aromatic N) is 5. The highest BCUT2D eigenvalue weighted by Crippen LogP contribution is 2.28. The number of piperazine rings is 1. The lowest BCUT2D eigenvalue weighted by Crippen LogP contribution is -2.59. The first-order valence-corrected chi connectivity index (χ1v) is 10.1. The highest BCUT2D eigenvalue weighted by Gasteiger charge is 2.33. The fourth-order valence-corrected chi connectivity index (χ4v) is 3.95. The van der Waals surface area contributed by atoms with Crippen LogP contribution in [-0.2, 0) is 11.4 Å². The van der Waals surface area contributed by atoms with Crippen molar-refractivity contribution in [2.24, 2.45) is 0 Å². The summed E-state index contributed by atoms with van der Waals surface area (Å²) in [6, 6.07) is 6.21. The second-order valence-electron chi connectivity index (χ2n) is 7.38. The van der Waals surface area contributed by atoms with Crippen molar-refractivity contribution in [3.05, 3.63) is 51.8 Å². The van der Waals surface area contributed by atoms with Gasteiger partial charge in [-0.25, -0.2) is 9.97 Å². The average molecular weight is 434 g/mol. The molecule has 160 valence electrons. The summed E-state index contributed by atoms with van der Waals surface area (Å²) in [5.41, 5.74) is 1.64. The fourth-order valence-electron chi connectivity index (χ4n) is 3.81. The number of benzene rings is 1. The van der Waals surface area contributed by atoms with E-state index in [1.807, 2.05) is 25.7 Å². The number of anilines is 1. The Hall–Kier alpha value is -2.94. The molecule has 2 aromatic rings. The summed E-state index contributed by atoms with van der Waals surface area (Å²) in [6.45, 7) is 7.39. The summed E-state index contributed by atoms with van der Waals surface area (Å²) >= 11 is 5.75. The molecule has 0 aliphatic carbocycles. The summed E-state index contributed by atoms with van der Waals surface area (Å²) in [5.74, 6) is 1.13. The molecule has 2 atom stereocenters. The molecule has 0 bridgehead atoms. The number of carbonyl (C=O) groups excluding carboxylic acids is 1. The first kappa shape index (κ1) is 21.8. The molecule has 3 rings (SSSR count).